The van der Waals surface area contributed by atoms with E-state index in [0.717, 1.165) is 45.0 Å². The van der Waals surface area contributed by atoms with E-state index < -0.39 is 0 Å². The number of carbonyl (C=O) groups is 1. The van der Waals surface area contributed by atoms with Gasteiger partial charge in [0.2, 0.25) is 5.91 Å². The van der Waals surface area contributed by atoms with Gasteiger partial charge in [-0.2, -0.15) is 0 Å². The second-order valence-corrected chi connectivity index (χ2v) is 7.61. The van der Waals surface area contributed by atoms with Crippen LogP contribution in [0.2, 0.25) is 0 Å². The SMILES string of the molecule is CN=C(NCC(C)(C)CN(C)C)N1CCC(CC(=O)NC)CC1. The number of aliphatic imine (C=N–C) groups is 1. The van der Waals surface area contributed by atoms with Gasteiger partial charge in [0, 0.05) is 46.7 Å². The Morgan fingerprint density at radius 3 is 2.39 bits per heavy atom. The molecule has 134 valence electrons. The Hall–Kier alpha value is -1.30. The van der Waals surface area contributed by atoms with E-state index in [1.165, 1.54) is 0 Å². The van der Waals surface area contributed by atoms with Crippen LogP contribution in [0.4, 0.5) is 0 Å². The molecule has 0 aromatic heterocycles. The Morgan fingerprint density at radius 2 is 1.91 bits per heavy atom. The highest BCUT2D eigenvalue weighted by atomic mass is 16.1. The third kappa shape index (κ3) is 7.20. The lowest BCUT2D eigenvalue weighted by atomic mass is 9.92. The maximum Gasteiger partial charge on any atom is 0.220 e. The number of guanidine groups is 1. The van der Waals surface area contributed by atoms with E-state index in [4.69, 9.17) is 0 Å². The molecule has 1 amide bonds. The van der Waals surface area contributed by atoms with Crippen LogP contribution in [0.15, 0.2) is 4.99 Å². The predicted octanol–water partition coefficient (Wildman–Crippen LogP) is 0.998. The minimum Gasteiger partial charge on any atom is -0.359 e. The minimum absolute atomic E-state index is 0.149. The summed E-state index contributed by atoms with van der Waals surface area (Å²) >= 11 is 0. The lowest BCUT2D eigenvalue weighted by Gasteiger charge is -2.36. The fraction of sp³-hybridized carbons (Fsp3) is 0.882. The summed E-state index contributed by atoms with van der Waals surface area (Å²) < 4.78 is 0. The van der Waals surface area contributed by atoms with Crippen LogP contribution in [0, 0.1) is 11.3 Å². The van der Waals surface area contributed by atoms with Crippen molar-refractivity contribution in [2.45, 2.75) is 33.1 Å². The first-order valence-electron chi connectivity index (χ1n) is 8.58. The van der Waals surface area contributed by atoms with Gasteiger partial charge in [0.25, 0.3) is 0 Å². The molecule has 0 aromatic rings. The van der Waals surface area contributed by atoms with E-state index in [2.05, 4.69) is 53.4 Å². The molecule has 1 fully saturated rings. The van der Waals surface area contributed by atoms with E-state index in [-0.39, 0.29) is 11.3 Å². The highest BCUT2D eigenvalue weighted by molar-refractivity contribution is 5.80. The van der Waals surface area contributed by atoms with Gasteiger partial charge in [-0.05, 0) is 38.3 Å². The van der Waals surface area contributed by atoms with E-state index in [9.17, 15) is 4.79 Å². The number of piperidine rings is 1. The van der Waals surface area contributed by atoms with E-state index in [0.29, 0.717) is 12.3 Å². The summed E-state index contributed by atoms with van der Waals surface area (Å²) in [5.74, 6) is 1.63. The van der Waals surface area contributed by atoms with Crippen LogP contribution in [-0.2, 0) is 4.79 Å². The zero-order valence-electron chi connectivity index (χ0n) is 15.8. The minimum atomic E-state index is 0.149. The van der Waals surface area contributed by atoms with Crippen LogP contribution < -0.4 is 10.6 Å². The molecular weight excluding hydrogens is 290 g/mol. The Kier molecular flexibility index (Phi) is 7.82. The average molecular weight is 326 g/mol. The molecule has 0 unspecified atom stereocenters. The second kappa shape index (κ2) is 9.11. The summed E-state index contributed by atoms with van der Waals surface area (Å²) in [5, 5.41) is 6.24. The largest absolute Gasteiger partial charge is 0.359 e. The summed E-state index contributed by atoms with van der Waals surface area (Å²) in [4.78, 5) is 20.5. The number of hydrogen-bond acceptors (Lipinski definition) is 3. The van der Waals surface area contributed by atoms with Gasteiger partial charge in [-0.1, -0.05) is 13.8 Å². The molecule has 0 saturated carbocycles. The summed E-state index contributed by atoms with van der Waals surface area (Å²) in [6, 6.07) is 0. The van der Waals surface area contributed by atoms with Gasteiger partial charge in [-0.3, -0.25) is 9.79 Å². The lowest BCUT2D eigenvalue weighted by Crippen LogP contribution is -2.49. The number of nitrogens with one attached hydrogen (secondary N) is 2. The van der Waals surface area contributed by atoms with Crippen LogP contribution in [0.3, 0.4) is 0 Å². The van der Waals surface area contributed by atoms with Crippen molar-refractivity contribution in [3.63, 3.8) is 0 Å². The summed E-state index contributed by atoms with van der Waals surface area (Å²) in [6.07, 6.45) is 2.75. The number of hydrogen-bond donors (Lipinski definition) is 2. The van der Waals surface area contributed by atoms with Crippen LogP contribution in [-0.4, -0.2) is 76.0 Å². The molecule has 1 aliphatic heterocycles. The number of rotatable bonds is 6. The molecule has 6 heteroatoms. The quantitative estimate of drug-likeness (QED) is 0.565. The van der Waals surface area contributed by atoms with Gasteiger partial charge in [0.15, 0.2) is 5.96 Å². The van der Waals surface area contributed by atoms with E-state index in [1.807, 2.05) is 7.05 Å². The summed E-state index contributed by atoms with van der Waals surface area (Å²) in [6.45, 7) is 8.40. The Labute approximate surface area is 141 Å². The third-order valence-electron chi connectivity index (χ3n) is 4.35. The molecule has 0 atom stereocenters. The van der Waals surface area contributed by atoms with Gasteiger partial charge in [0.1, 0.15) is 0 Å². The molecule has 23 heavy (non-hydrogen) atoms. The highest BCUT2D eigenvalue weighted by Gasteiger charge is 2.25. The van der Waals surface area contributed by atoms with Crippen molar-refractivity contribution in [2.24, 2.45) is 16.3 Å². The van der Waals surface area contributed by atoms with Gasteiger partial charge in [0.05, 0.1) is 0 Å². The Bertz CT molecular complexity index is 398. The van der Waals surface area contributed by atoms with Crippen LogP contribution in [0.1, 0.15) is 33.1 Å². The zero-order valence-corrected chi connectivity index (χ0v) is 15.8. The second-order valence-electron chi connectivity index (χ2n) is 7.61. The van der Waals surface area contributed by atoms with Crippen molar-refractivity contribution in [3.8, 4) is 0 Å². The molecule has 1 heterocycles. The predicted molar refractivity (Wildman–Crippen MR) is 96.7 cm³/mol. The molecule has 1 rings (SSSR count). The molecule has 0 spiro atoms. The van der Waals surface area contributed by atoms with Crippen molar-refractivity contribution >= 4 is 11.9 Å². The van der Waals surface area contributed by atoms with E-state index >= 15 is 0 Å². The van der Waals surface area contributed by atoms with Gasteiger partial charge in [-0.15, -0.1) is 0 Å². The van der Waals surface area contributed by atoms with Crippen LogP contribution in [0.25, 0.3) is 0 Å². The van der Waals surface area contributed by atoms with Crippen molar-refractivity contribution in [3.05, 3.63) is 0 Å². The number of amides is 1. The maximum absolute atomic E-state index is 11.5. The molecule has 6 nitrogen and oxygen atoms in total. The molecule has 2 N–H and O–H groups in total. The molecule has 0 radical (unpaired) electrons. The van der Waals surface area contributed by atoms with E-state index in [1.54, 1.807) is 7.05 Å². The molecule has 1 saturated heterocycles. The Balaban J connectivity index is 2.44. The van der Waals surface area contributed by atoms with Crippen LogP contribution in [0.5, 0.6) is 0 Å². The van der Waals surface area contributed by atoms with Crippen molar-refractivity contribution in [1.82, 2.24) is 20.4 Å². The summed E-state index contributed by atoms with van der Waals surface area (Å²) in [5.41, 5.74) is 0.191. The number of carbonyl (C=O) groups excluding carboxylic acids is 1. The van der Waals surface area contributed by atoms with Gasteiger partial charge in [-0.25, -0.2) is 0 Å². The van der Waals surface area contributed by atoms with Crippen molar-refractivity contribution < 1.29 is 4.79 Å². The lowest BCUT2D eigenvalue weighted by molar-refractivity contribution is -0.121. The summed E-state index contributed by atoms with van der Waals surface area (Å²) in [7, 11) is 7.76. The standard InChI is InChI=1S/C17H35N5O/c1-17(2,13-21(5)6)12-20-16(19-4)22-9-7-14(8-10-22)11-15(23)18-3/h14H,7-13H2,1-6H3,(H,18,23)(H,19,20). The molecule has 0 bridgehead atoms. The molecule has 0 aliphatic carbocycles. The number of nitrogens with zero attached hydrogens (tertiary/aromatic N) is 3. The maximum atomic E-state index is 11.5. The zero-order chi connectivity index (χ0) is 17.5. The fourth-order valence-electron chi connectivity index (χ4n) is 3.28. The first kappa shape index (κ1) is 19.7. The first-order valence-corrected chi connectivity index (χ1v) is 8.58. The van der Waals surface area contributed by atoms with Crippen molar-refractivity contribution in [1.29, 1.82) is 0 Å². The fourth-order valence-corrected chi connectivity index (χ4v) is 3.28. The molecule has 0 aromatic carbocycles. The van der Waals surface area contributed by atoms with Gasteiger partial charge < -0.3 is 20.4 Å². The Morgan fingerprint density at radius 1 is 1.30 bits per heavy atom. The van der Waals surface area contributed by atoms with Gasteiger partial charge >= 0.3 is 0 Å². The highest BCUT2D eigenvalue weighted by Crippen LogP contribution is 2.21. The normalized spacial score (nSPS) is 17.5. The monoisotopic (exact) mass is 325 g/mol. The van der Waals surface area contributed by atoms with Crippen molar-refractivity contribution in [2.75, 3.05) is 54.4 Å². The van der Waals surface area contributed by atoms with Crippen LogP contribution >= 0.6 is 0 Å². The first-order chi connectivity index (χ1) is 10.8. The molecule has 1 aliphatic rings. The third-order valence-corrected chi connectivity index (χ3v) is 4.35. The smallest absolute Gasteiger partial charge is 0.220 e. The number of likely N-dealkylation sites (tertiary alicyclic amines) is 1. The average Bonchev–Trinajstić information content (AvgIpc) is 2.47. The molecular formula is C17H35N5O. The topological polar surface area (TPSA) is 60.0 Å².